The summed E-state index contributed by atoms with van der Waals surface area (Å²) in [4.78, 5) is 4.30. The van der Waals surface area contributed by atoms with Crippen LogP contribution >= 0.6 is 34.8 Å². The molecular weight excluding hydrogens is 341 g/mol. The molecule has 108 valence electrons. The molecule has 0 N–H and O–H groups in total. The molecule has 3 rings (SSSR count). The summed E-state index contributed by atoms with van der Waals surface area (Å²) >= 11 is 17.4. The maximum atomic E-state index is 13.7. The van der Waals surface area contributed by atoms with E-state index >= 15 is 0 Å². The fourth-order valence-corrected chi connectivity index (χ4v) is 2.64. The van der Waals surface area contributed by atoms with E-state index in [1.807, 2.05) is 0 Å². The average molecular weight is 348 g/mol. The summed E-state index contributed by atoms with van der Waals surface area (Å²) in [5.41, 5.74) is 1.52. The van der Waals surface area contributed by atoms with Crippen molar-refractivity contribution < 1.29 is 8.78 Å². The van der Waals surface area contributed by atoms with E-state index in [0.29, 0.717) is 22.5 Å². The Morgan fingerprint density at radius 1 is 1.00 bits per heavy atom. The number of hydrogen-bond donors (Lipinski definition) is 0. The molecule has 0 aliphatic heterocycles. The van der Waals surface area contributed by atoms with Crippen molar-refractivity contribution in [3.05, 3.63) is 57.8 Å². The van der Waals surface area contributed by atoms with E-state index in [4.69, 9.17) is 34.8 Å². The van der Waals surface area contributed by atoms with Crippen LogP contribution in [0.3, 0.4) is 0 Å². The monoisotopic (exact) mass is 346 g/mol. The molecule has 0 amide bonds. The highest BCUT2D eigenvalue weighted by Gasteiger charge is 2.15. The third kappa shape index (κ3) is 2.48. The minimum absolute atomic E-state index is 0.0228. The summed E-state index contributed by atoms with van der Waals surface area (Å²) in [6, 6.07) is 6.86. The summed E-state index contributed by atoms with van der Waals surface area (Å²) in [6.45, 7) is 0. The van der Waals surface area contributed by atoms with Gasteiger partial charge in [-0.3, -0.25) is 4.57 Å². The maximum Gasteiger partial charge on any atom is 0.144 e. The molecule has 1 heterocycles. The Kier molecular flexibility index (Phi) is 3.78. The lowest BCUT2D eigenvalue weighted by Crippen LogP contribution is -2.00. The van der Waals surface area contributed by atoms with Crippen LogP contribution in [0.25, 0.3) is 16.7 Å². The van der Waals surface area contributed by atoms with E-state index in [-0.39, 0.29) is 15.9 Å². The van der Waals surface area contributed by atoms with Crippen LogP contribution in [0.15, 0.2) is 30.3 Å². The van der Waals surface area contributed by atoms with Crippen LogP contribution in [0.5, 0.6) is 0 Å². The Morgan fingerprint density at radius 2 is 1.71 bits per heavy atom. The summed E-state index contributed by atoms with van der Waals surface area (Å²) in [6.07, 6.45) is 0. The maximum absolute atomic E-state index is 13.7. The van der Waals surface area contributed by atoms with Gasteiger partial charge in [0.05, 0.1) is 27.0 Å². The van der Waals surface area contributed by atoms with E-state index < -0.39 is 11.6 Å². The first-order valence-corrected chi connectivity index (χ1v) is 7.18. The zero-order valence-electron chi connectivity index (χ0n) is 10.4. The molecule has 3 aromatic rings. The highest BCUT2D eigenvalue weighted by atomic mass is 35.5. The van der Waals surface area contributed by atoms with Gasteiger partial charge in [0.25, 0.3) is 0 Å². The second-order valence-electron chi connectivity index (χ2n) is 4.35. The molecule has 0 unspecified atom stereocenters. The molecule has 0 aliphatic rings. The van der Waals surface area contributed by atoms with Gasteiger partial charge in [0.1, 0.15) is 17.5 Å². The second-order valence-corrected chi connectivity index (χ2v) is 5.43. The van der Waals surface area contributed by atoms with Crippen molar-refractivity contribution in [2.75, 3.05) is 0 Å². The van der Waals surface area contributed by atoms with Crippen molar-refractivity contribution in [1.82, 2.24) is 9.55 Å². The van der Waals surface area contributed by atoms with Crippen LogP contribution in [0.2, 0.25) is 10.0 Å². The summed E-state index contributed by atoms with van der Waals surface area (Å²) in [5.74, 6) is -0.523. The molecule has 0 bridgehead atoms. The van der Waals surface area contributed by atoms with Gasteiger partial charge in [-0.2, -0.15) is 0 Å². The minimum Gasteiger partial charge on any atom is -0.295 e. The van der Waals surface area contributed by atoms with Gasteiger partial charge in [0.15, 0.2) is 0 Å². The first kappa shape index (κ1) is 14.6. The molecule has 7 heteroatoms. The van der Waals surface area contributed by atoms with Crippen molar-refractivity contribution in [1.29, 1.82) is 0 Å². The molecule has 2 nitrogen and oxygen atoms in total. The zero-order valence-corrected chi connectivity index (χ0v) is 12.6. The van der Waals surface area contributed by atoms with Crippen LogP contribution in [0, 0.1) is 11.6 Å². The number of nitrogens with zero attached hydrogens (tertiary/aromatic N) is 2. The number of rotatable bonds is 2. The Morgan fingerprint density at radius 3 is 2.38 bits per heavy atom. The summed E-state index contributed by atoms with van der Waals surface area (Å²) in [7, 11) is 0. The largest absolute Gasteiger partial charge is 0.295 e. The third-order valence-corrected chi connectivity index (χ3v) is 3.87. The fourth-order valence-electron chi connectivity index (χ4n) is 2.12. The van der Waals surface area contributed by atoms with E-state index in [9.17, 15) is 8.78 Å². The van der Waals surface area contributed by atoms with Crippen molar-refractivity contribution in [3.8, 4) is 5.69 Å². The van der Waals surface area contributed by atoms with E-state index in [1.165, 1.54) is 30.3 Å². The number of halogens is 5. The van der Waals surface area contributed by atoms with Crippen LogP contribution in [-0.2, 0) is 5.88 Å². The van der Waals surface area contributed by atoms with Crippen LogP contribution < -0.4 is 0 Å². The third-order valence-electron chi connectivity index (χ3n) is 3.05. The molecular formula is C14H7Cl3F2N2. The normalized spacial score (nSPS) is 11.3. The first-order chi connectivity index (χ1) is 10.0. The highest BCUT2D eigenvalue weighted by Crippen LogP contribution is 2.28. The standard InChI is InChI=1S/C14H7Cl3F2N2/c15-6-14-20-12-4-9(17)11(19)5-13(12)21(14)7-1-2-10(18)8(16)3-7/h1-5H,6H2. The quantitative estimate of drug-likeness (QED) is 0.571. The van der Waals surface area contributed by atoms with Gasteiger partial charge in [-0.25, -0.2) is 13.8 Å². The number of alkyl halides is 1. The lowest BCUT2D eigenvalue weighted by molar-refractivity contribution is 0.627. The zero-order chi connectivity index (χ0) is 15.1. The molecule has 0 fully saturated rings. The second kappa shape index (κ2) is 5.44. The Bertz CT molecular complexity index is 846. The Hall–Kier alpha value is -1.36. The summed E-state index contributed by atoms with van der Waals surface area (Å²) in [5, 5.41) is -0.0604. The van der Waals surface area contributed by atoms with E-state index in [0.717, 1.165) is 0 Å². The molecule has 0 saturated carbocycles. The highest BCUT2D eigenvalue weighted by molar-refractivity contribution is 6.31. The fraction of sp³-hybridized carbons (Fsp3) is 0.0714. The van der Waals surface area contributed by atoms with Gasteiger partial charge < -0.3 is 0 Å². The predicted molar refractivity (Wildman–Crippen MR) is 80.6 cm³/mol. The minimum atomic E-state index is -0.570. The molecule has 0 aliphatic carbocycles. The van der Waals surface area contributed by atoms with Crippen molar-refractivity contribution >= 4 is 45.8 Å². The van der Waals surface area contributed by atoms with E-state index in [2.05, 4.69) is 4.98 Å². The molecule has 0 saturated heterocycles. The van der Waals surface area contributed by atoms with E-state index in [1.54, 1.807) is 4.57 Å². The van der Waals surface area contributed by atoms with Crippen LogP contribution in [0.1, 0.15) is 5.82 Å². The molecule has 0 atom stereocenters. The number of imidazole rings is 1. The topological polar surface area (TPSA) is 17.8 Å². The Labute approximate surface area is 133 Å². The molecule has 2 aromatic carbocycles. The molecule has 1 aromatic heterocycles. The van der Waals surface area contributed by atoms with Gasteiger partial charge >= 0.3 is 0 Å². The number of fused-ring (bicyclic) bond motifs is 1. The first-order valence-electron chi connectivity index (χ1n) is 5.89. The number of hydrogen-bond acceptors (Lipinski definition) is 1. The smallest absolute Gasteiger partial charge is 0.144 e. The van der Waals surface area contributed by atoms with Crippen LogP contribution in [0.4, 0.5) is 8.78 Å². The summed E-state index contributed by atoms with van der Waals surface area (Å²) < 4.78 is 28.6. The average Bonchev–Trinajstić information content (AvgIpc) is 2.80. The Balaban J connectivity index is 2.34. The van der Waals surface area contributed by atoms with Gasteiger partial charge in [-0.05, 0) is 24.3 Å². The number of benzene rings is 2. The van der Waals surface area contributed by atoms with Crippen molar-refractivity contribution in [2.24, 2.45) is 0 Å². The SMILES string of the molecule is Fc1ccc(-n2c(CCl)nc3cc(Cl)c(F)cc32)cc1Cl. The van der Waals surface area contributed by atoms with Crippen molar-refractivity contribution in [2.45, 2.75) is 5.88 Å². The lowest BCUT2D eigenvalue weighted by atomic mass is 10.2. The van der Waals surface area contributed by atoms with Crippen LogP contribution in [-0.4, -0.2) is 9.55 Å². The van der Waals surface area contributed by atoms with Crippen molar-refractivity contribution in [3.63, 3.8) is 0 Å². The predicted octanol–water partition coefficient (Wildman–Crippen LogP) is 5.35. The number of aromatic nitrogens is 2. The van der Waals surface area contributed by atoms with Gasteiger partial charge in [-0.15, -0.1) is 11.6 Å². The van der Waals surface area contributed by atoms with Gasteiger partial charge in [0, 0.05) is 11.8 Å². The molecule has 0 spiro atoms. The molecule has 0 radical (unpaired) electrons. The van der Waals surface area contributed by atoms with Gasteiger partial charge in [0.2, 0.25) is 0 Å². The lowest BCUT2D eigenvalue weighted by Gasteiger charge is -2.09. The van der Waals surface area contributed by atoms with Gasteiger partial charge in [-0.1, -0.05) is 23.2 Å². The molecule has 21 heavy (non-hydrogen) atoms.